The summed E-state index contributed by atoms with van der Waals surface area (Å²) in [6, 6.07) is 3.19. The lowest BCUT2D eigenvalue weighted by molar-refractivity contribution is -0.121. The number of nitrogens with one attached hydrogen (secondary N) is 1. The second-order valence-electron chi connectivity index (χ2n) is 5.32. The number of rotatable bonds is 5. The van der Waals surface area contributed by atoms with Gasteiger partial charge in [0.15, 0.2) is 21.3 Å². The van der Waals surface area contributed by atoms with Gasteiger partial charge in [0, 0.05) is 6.42 Å². The highest BCUT2D eigenvalue weighted by atomic mass is 79.9. The van der Waals surface area contributed by atoms with Crippen LogP contribution in [0.2, 0.25) is 0 Å². The van der Waals surface area contributed by atoms with Gasteiger partial charge in [-0.25, -0.2) is 13.8 Å². The van der Waals surface area contributed by atoms with Crippen LogP contribution < -0.4 is 10.2 Å². The number of phenolic OH excluding ortho intramolecular Hbond substituents is 1. The SMILES string of the molecule is COc1cc(/C=N/NC(=O)C[C@@H]2CCS(=O)(=O)C2)cc(Br)c1O. The Labute approximate surface area is 142 Å². The van der Waals surface area contributed by atoms with Crippen molar-refractivity contribution in [2.24, 2.45) is 11.0 Å². The van der Waals surface area contributed by atoms with Crippen LogP contribution >= 0.6 is 15.9 Å². The van der Waals surface area contributed by atoms with Gasteiger partial charge in [-0.2, -0.15) is 5.10 Å². The van der Waals surface area contributed by atoms with Crippen molar-refractivity contribution in [1.82, 2.24) is 5.43 Å². The maximum Gasteiger partial charge on any atom is 0.240 e. The Morgan fingerprint density at radius 2 is 2.30 bits per heavy atom. The molecule has 1 aromatic rings. The van der Waals surface area contributed by atoms with E-state index in [0.29, 0.717) is 16.5 Å². The van der Waals surface area contributed by atoms with Crippen molar-refractivity contribution in [2.45, 2.75) is 12.8 Å². The van der Waals surface area contributed by atoms with E-state index in [0.717, 1.165) is 0 Å². The van der Waals surface area contributed by atoms with Crippen LogP contribution in [0.1, 0.15) is 18.4 Å². The Morgan fingerprint density at radius 1 is 1.57 bits per heavy atom. The number of halogens is 1. The van der Waals surface area contributed by atoms with Gasteiger partial charge < -0.3 is 9.84 Å². The first-order chi connectivity index (χ1) is 10.8. The molecule has 0 aromatic heterocycles. The molecule has 0 aliphatic carbocycles. The van der Waals surface area contributed by atoms with E-state index in [-0.39, 0.29) is 41.3 Å². The van der Waals surface area contributed by atoms with Crippen LogP contribution in [-0.4, -0.2) is 44.3 Å². The van der Waals surface area contributed by atoms with E-state index in [2.05, 4.69) is 26.5 Å². The molecule has 2 N–H and O–H groups in total. The van der Waals surface area contributed by atoms with Gasteiger partial charge >= 0.3 is 0 Å². The predicted molar refractivity (Wildman–Crippen MR) is 89.5 cm³/mol. The van der Waals surface area contributed by atoms with E-state index < -0.39 is 9.84 Å². The highest BCUT2D eigenvalue weighted by molar-refractivity contribution is 9.10. The highest BCUT2D eigenvalue weighted by Crippen LogP contribution is 2.34. The Balaban J connectivity index is 1.91. The van der Waals surface area contributed by atoms with Crippen molar-refractivity contribution in [3.05, 3.63) is 22.2 Å². The Morgan fingerprint density at radius 3 is 2.91 bits per heavy atom. The largest absolute Gasteiger partial charge is 0.503 e. The summed E-state index contributed by atoms with van der Waals surface area (Å²) >= 11 is 3.19. The molecule has 1 atom stereocenters. The van der Waals surface area contributed by atoms with Gasteiger partial charge in [-0.1, -0.05) is 0 Å². The summed E-state index contributed by atoms with van der Waals surface area (Å²) in [7, 11) is -1.55. The summed E-state index contributed by atoms with van der Waals surface area (Å²) in [4.78, 5) is 11.8. The number of carbonyl (C=O) groups excluding carboxylic acids is 1. The van der Waals surface area contributed by atoms with E-state index in [1.807, 2.05) is 0 Å². The molecule has 0 unspecified atom stereocenters. The fourth-order valence-electron chi connectivity index (χ4n) is 2.34. The minimum atomic E-state index is -2.98. The van der Waals surface area contributed by atoms with Crippen LogP contribution in [0.4, 0.5) is 0 Å². The van der Waals surface area contributed by atoms with Gasteiger partial charge in [0.1, 0.15) is 0 Å². The van der Waals surface area contributed by atoms with Crippen LogP contribution in [0.5, 0.6) is 11.5 Å². The van der Waals surface area contributed by atoms with Crippen LogP contribution in [0.15, 0.2) is 21.7 Å². The number of ether oxygens (including phenoxy) is 1. The van der Waals surface area contributed by atoms with E-state index in [9.17, 15) is 18.3 Å². The number of methoxy groups -OCH3 is 1. The number of aromatic hydroxyl groups is 1. The van der Waals surface area contributed by atoms with Gasteiger partial charge in [-0.05, 0) is 46.0 Å². The summed E-state index contributed by atoms with van der Waals surface area (Å²) in [5.41, 5.74) is 2.99. The molecule has 9 heteroatoms. The molecule has 1 saturated heterocycles. The van der Waals surface area contributed by atoms with Crippen LogP contribution in [0.25, 0.3) is 0 Å². The summed E-state index contributed by atoms with van der Waals surface area (Å²) in [6.07, 6.45) is 2.07. The molecule has 0 spiro atoms. The van der Waals surface area contributed by atoms with E-state index in [4.69, 9.17) is 4.74 Å². The van der Waals surface area contributed by atoms with Crippen LogP contribution in [0.3, 0.4) is 0 Å². The first-order valence-corrected chi connectivity index (χ1v) is 9.51. The lowest BCUT2D eigenvalue weighted by Crippen LogP contribution is -2.21. The molecule has 1 aliphatic heterocycles. The molecule has 23 heavy (non-hydrogen) atoms. The molecule has 126 valence electrons. The number of carbonyl (C=O) groups is 1. The third kappa shape index (κ3) is 4.93. The molecular weight excluding hydrogens is 388 g/mol. The Bertz CT molecular complexity index is 733. The molecule has 1 amide bonds. The van der Waals surface area contributed by atoms with Gasteiger partial charge in [-0.15, -0.1) is 0 Å². The average Bonchev–Trinajstić information content (AvgIpc) is 2.81. The molecule has 0 bridgehead atoms. The summed E-state index contributed by atoms with van der Waals surface area (Å²) in [5, 5.41) is 13.5. The zero-order valence-corrected chi connectivity index (χ0v) is 14.9. The molecule has 1 heterocycles. The zero-order valence-electron chi connectivity index (χ0n) is 12.5. The van der Waals surface area contributed by atoms with Crippen molar-refractivity contribution in [3.63, 3.8) is 0 Å². The zero-order chi connectivity index (χ0) is 17.0. The Hall–Kier alpha value is -1.61. The second-order valence-corrected chi connectivity index (χ2v) is 8.40. The molecule has 0 saturated carbocycles. The molecule has 0 radical (unpaired) electrons. The minimum absolute atomic E-state index is 0.0175. The minimum Gasteiger partial charge on any atom is -0.503 e. The van der Waals surface area contributed by atoms with E-state index in [1.165, 1.54) is 13.3 Å². The first-order valence-electron chi connectivity index (χ1n) is 6.89. The number of amides is 1. The predicted octanol–water partition coefficient (Wildman–Crippen LogP) is 1.44. The summed E-state index contributed by atoms with van der Waals surface area (Å²) < 4.78 is 28.1. The fraction of sp³-hybridized carbons (Fsp3) is 0.429. The van der Waals surface area contributed by atoms with Crippen molar-refractivity contribution in [2.75, 3.05) is 18.6 Å². The van der Waals surface area contributed by atoms with Gasteiger partial charge in [0.05, 0.1) is 29.3 Å². The second kappa shape index (κ2) is 7.31. The topological polar surface area (TPSA) is 105 Å². The average molecular weight is 405 g/mol. The van der Waals surface area contributed by atoms with Crippen LogP contribution in [0, 0.1) is 5.92 Å². The smallest absolute Gasteiger partial charge is 0.240 e. The van der Waals surface area contributed by atoms with E-state index in [1.54, 1.807) is 12.1 Å². The molecule has 2 rings (SSSR count). The number of hydrazone groups is 1. The van der Waals surface area contributed by atoms with E-state index >= 15 is 0 Å². The monoisotopic (exact) mass is 404 g/mol. The lowest BCUT2D eigenvalue weighted by atomic mass is 10.1. The molecule has 1 fully saturated rings. The first kappa shape index (κ1) is 17.7. The molecular formula is C14H17BrN2O5S. The number of hydrogen-bond acceptors (Lipinski definition) is 6. The Kier molecular flexibility index (Phi) is 5.64. The lowest BCUT2D eigenvalue weighted by Gasteiger charge is -2.07. The normalized spacial score (nSPS) is 19.8. The number of nitrogens with zero attached hydrogens (tertiary/aromatic N) is 1. The van der Waals surface area contributed by atoms with Crippen LogP contribution in [-0.2, 0) is 14.6 Å². The quantitative estimate of drug-likeness (QED) is 0.570. The van der Waals surface area contributed by atoms with Gasteiger partial charge in [-0.3, -0.25) is 4.79 Å². The van der Waals surface area contributed by atoms with Gasteiger partial charge in [0.25, 0.3) is 0 Å². The molecule has 1 aliphatic rings. The number of phenols is 1. The van der Waals surface area contributed by atoms with Gasteiger partial charge in [0.2, 0.25) is 5.91 Å². The van der Waals surface area contributed by atoms with Crippen molar-refractivity contribution >= 4 is 37.9 Å². The fourth-order valence-corrected chi connectivity index (χ4v) is 4.67. The summed E-state index contributed by atoms with van der Waals surface area (Å²) in [6.45, 7) is 0. The third-order valence-corrected chi connectivity index (χ3v) is 5.92. The summed E-state index contributed by atoms with van der Waals surface area (Å²) in [5.74, 6) is 0.00706. The molecule has 7 nitrogen and oxygen atoms in total. The number of hydrogen-bond donors (Lipinski definition) is 2. The van der Waals surface area contributed by atoms with Crippen molar-refractivity contribution in [1.29, 1.82) is 0 Å². The maximum absolute atomic E-state index is 11.8. The third-order valence-electron chi connectivity index (χ3n) is 3.47. The molecule has 1 aromatic carbocycles. The number of benzene rings is 1. The van der Waals surface area contributed by atoms with Crippen molar-refractivity contribution in [3.8, 4) is 11.5 Å². The van der Waals surface area contributed by atoms with Crippen molar-refractivity contribution < 1.29 is 23.1 Å². The number of sulfone groups is 1. The highest BCUT2D eigenvalue weighted by Gasteiger charge is 2.29. The maximum atomic E-state index is 11.8. The standard InChI is InChI=1S/C14H17BrN2O5S/c1-22-12-5-10(4-11(15)14(12)19)7-16-17-13(18)6-9-2-3-23(20,21)8-9/h4-5,7,9,19H,2-3,6,8H2,1H3,(H,17,18)/b16-7+/t9-/m0/s1.